The first-order valence-electron chi connectivity index (χ1n) is 30.1. The average Bonchev–Trinajstić information content (AvgIpc) is 3.35. The van der Waals surface area contributed by atoms with Crippen LogP contribution in [0.1, 0.15) is 316 Å². The van der Waals surface area contributed by atoms with E-state index in [1.54, 1.807) is 0 Å². The number of carbonyl (C=O) groups excluding carboxylic acids is 3. The molecule has 0 bridgehead atoms. The van der Waals surface area contributed by atoms with Crippen molar-refractivity contribution >= 4 is 17.9 Å². The van der Waals surface area contributed by atoms with Gasteiger partial charge in [0.15, 0.2) is 6.10 Å². The van der Waals surface area contributed by atoms with E-state index < -0.39 is 6.10 Å². The summed E-state index contributed by atoms with van der Waals surface area (Å²) in [5.41, 5.74) is 0. The van der Waals surface area contributed by atoms with E-state index in [0.29, 0.717) is 19.3 Å². The Bertz CT molecular complexity index is 1200. The monoisotopic (exact) mass is 967 g/mol. The average molecular weight is 968 g/mol. The lowest BCUT2D eigenvalue weighted by molar-refractivity contribution is -0.167. The van der Waals surface area contributed by atoms with Gasteiger partial charge >= 0.3 is 17.9 Å². The van der Waals surface area contributed by atoms with Crippen LogP contribution in [0.3, 0.4) is 0 Å². The maximum Gasteiger partial charge on any atom is 0.306 e. The normalized spacial score (nSPS) is 12.3. The van der Waals surface area contributed by atoms with Gasteiger partial charge < -0.3 is 14.2 Å². The van der Waals surface area contributed by atoms with Crippen molar-refractivity contribution in [1.82, 2.24) is 0 Å². The van der Waals surface area contributed by atoms with Gasteiger partial charge in [-0.25, -0.2) is 0 Å². The molecule has 1 atom stereocenters. The van der Waals surface area contributed by atoms with Crippen molar-refractivity contribution in [3.63, 3.8) is 0 Å². The Kier molecular flexibility index (Phi) is 55.7. The Hall–Kier alpha value is -2.63. The van der Waals surface area contributed by atoms with E-state index in [0.717, 1.165) is 96.3 Å². The zero-order valence-corrected chi connectivity index (χ0v) is 46.1. The first kappa shape index (κ1) is 66.4. The number of hydrogen-bond acceptors (Lipinski definition) is 6. The second-order valence-corrected chi connectivity index (χ2v) is 20.2. The van der Waals surface area contributed by atoms with E-state index in [4.69, 9.17) is 14.2 Å². The molecule has 0 saturated heterocycles. The predicted octanol–water partition coefficient (Wildman–Crippen LogP) is 20.2. The number of rotatable bonds is 55. The molecule has 0 saturated carbocycles. The highest BCUT2D eigenvalue weighted by Crippen LogP contribution is 2.17. The van der Waals surface area contributed by atoms with E-state index in [1.165, 1.54) is 180 Å². The third-order valence-corrected chi connectivity index (χ3v) is 13.3. The van der Waals surface area contributed by atoms with Crippen LogP contribution in [0.25, 0.3) is 0 Å². The number of hydrogen-bond donors (Lipinski definition) is 0. The molecule has 0 heterocycles. The molecule has 0 aliphatic heterocycles. The van der Waals surface area contributed by atoms with Crippen LogP contribution in [0.2, 0.25) is 0 Å². The van der Waals surface area contributed by atoms with Crippen molar-refractivity contribution < 1.29 is 28.6 Å². The SMILES string of the molecule is CC/C=C\C/C=C\C/C=C\CCCCCCCCCC(=O)OC(COC(=O)CCCCCCC/C=C\CCC)COC(=O)CCCCCCCCCCCCCCCCCCCCCCCCCC. The van der Waals surface area contributed by atoms with Gasteiger partial charge in [-0.3, -0.25) is 14.4 Å². The van der Waals surface area contributed by atoms with E-state index in [1.807, 2.05) is 0 Å². The molecular formula is C63H114O6. The van der Waals surface area contributed by atoms with Gasteiger partial charge in [0.2, 0.25) is 0 Å². The minimum atomic E-state index is -0.779. The minimum absolute atomic E-state index is 0.0769. The molecular weight excluding hydrogens is 853 g/mol. The fourth-order valence-electron chi connectivity index (χ4n) is 8.81. The molecule has 0 N–H and O–H groups in total. The molecule has 69 heavy (non-hydrogen) atoms. The molecule has 0 aliphatic carbocycles. The number of allylic oxidation sites excluding steroid dienone is 8. The van der Waals surface area contributed by atoms with Gasteiger partial charge in [-0.2, -0.15) is 0 Å². The van der Waals surface area contributed by atoms with Crippen molar-refractivity contribution in [2.75, 3.05) is 13.2 Å². The lowest BCUT2D eigenvalue weighted by atomic mass is 10.0. The smallest absolute Gasteiger partial charge is 0.306 e. The highest BCUT2D eigenvalue weighted by Gasteiger charge is 2.19. The summed E-state index contributed by atoms with van der Waals surface area (Å²) in [6.45, 7) is 6.49. The number of carbonyl (C=O) groups is 3. The van der Waals surface area contributed by atoms with Crippen molar-refractivity contribution in [1.29, 1.82) is 0 Å². The summed E-state index contributed by atoms with van der Waals surface area (Å²) in [4.78, 5) is 38.1. The van der Waals surface area contributed by atoms with Crippen LogP contribution < -0.4 is 0 Å². The van der Waals surface area contributed by atoms with Crippen LogP contribution in [0.15, 0.2) is 48.6 Å². The molecule has 0 aromatic carbocycles. The lowest BCUT2D eigenvalue weighted by Gasteiger charge is -2.18. The molecule has 402 valence electrons. The van der Waals surface area contributed by atoms with Crippen LogP contribution >= 0.6 is 0 Å². The second-order valence-electron chi connectivity index (χ2n) is 20.2. The number of esters is 3. The van der Waals surface area contributed by atoms with Gasteiger partial charge in [-0.15, -0.1) is 0 Å². The van der Waals surface area contributed by atoms with Gasteiger partial charge in [-0.1, -0.05) is 275 Å². The first-order valence-corrected chi connectivity index (χ1v) is 30.1. The summed E-state index contributed by atoms with van der Waals surface area (Å²) in [6.07, 6.45) is 71.3. The Morgan fingerprint density at radius 3 is 0.957 bits per heavy atom. The van der Waals surface area contributed by atoms with Crippen LogP contribution in [0.4, 0.5) is 0 Å². The molecule has 1 unspecified atom stereocenters. The molecule has 0 rings (SSSR count). The van der Waals surface area contributed by atoms with E-state index in [-0.39, 0.29) is 31.1 Å². The second kappa shape index (κ2) is 57.9. The standard InChI is InChI=1S/C63H114O6/c1-4-7-10-13-16-19-22-24-26-28-29-30-31-32-33-34-36-37-39-41-44-47-50-53-56-62(65)68-59-60(58-67-61(64)55-52-49-46-43-21-18-15-12-9-6-3)69-63(66)57-54-51-48-45-42-40-38-35-27-25-23-20-17-14-11-8-5-2/h8,11-12,15,17,20,25,27,60H,4-7,9-10,13-14,16,18-19,21-24,26,28-59H2,1-3H3/b11-8-,15-12-,20-17-,27-25-. The Labute approximate surface area is 428 Å². The number of ether oxygens (including phenoxy) is 3. The van der Waals surface area contributed by atoms with Gasteiger partial charge in [0.05, 0.1) is 0 Å². The largest absolute Gasteiger partial charge is 0.462 e. The molecule has 0 radical (unpaired) electrons. The van der Waals surface area contributed by atoms with Crippen molar-refractivity contribution in [3.05, 3.63) is 48.6 Å². The topological polar surface area (TPSA) is 78.9 Å². The Morgan fingerprint density at radius 1 is 0.304 bits per heavy atom. The van der Waals surface area contributed by atoms with E-state index in [2.05, 4.69) is 69.4 Å². The fraction of sp³-hybridized carbons (Fsp3) is 0.825. The lowest BCUT2D eigenvalue weighted by Crippen LogP contribution is -2.30. The maximum absolute atomic E-state index is 12.8. The van der Waals surface area contributed by atoms with Crippen molar-refractivity contribution in [3.8, 4) is 0 Å². The molecule has 0 spiro atoms. The molecule has 0 aliphatic rings. The zero-order chi connectivity index (χ0) is 50.0. The third-order valence-electron chi connectivity index (χ3n) is 13.3. The number of unbranched alkanes of at least 4 members (excludes halogenated alkanes) is 36. The Morgan fingerprint density at radius 2 is 0.594 bits per heavy atom. The van der Waals surface area contributed by atoms with Crippen LogP contribution in [-0.2, 0) is 28.6 Å². The summed E-state index contributed by atoms with van der Waals surface area (Å²) < 4.78 is 16.9. The molecule has 6 nitrogen and oxygen atoms in total. The van der Waals surface area contributed by atoms with E-state index >= 15 is 0 Å². The maximum atomic E-state index is 12.8. The third kappa shape index (κ3) is 56.2. The Balaban J connectivity index is 4.20. The molecule has 6 heteroatoms. The first-order chi connectivity index (χ1) is 34.0. The fourth-order valence-corrected chi connectivity index (χ4v) is 8.81. The minimum Gasteiger partial charge on any atom is -0.462 e. The van der Waals surface area contributed by atoms with Crippen LogP contribution in [-0.4, -0.2) is 37.2 Å². The summed E-state index contributed by atoms with van der Waals surface area (Å²) in [6, 6.07) is 0. The quantitative estimate of drug-likeness (QED) is 0.0262. The van der Waals surface area contributed by atoms with E-state index in [9.17, 15) is 14.4 Å². The summed E-state index contributed by atoms with van der Waals surface area (Å²) >= 11 is 0. The summed E-state index contributed by atoms with van der Waals surface area (Å²) in [7, 11) is 0. The van der Waals surface area contributed by atoms with Gasteiger partial charge in [-0.05, 0) is 70.6 Å². The van der Waals surface area contributed by atoms with Gasteiger partial charge in [0, 0.05) is 19.3 Å². The molecule has 0 fully saturated rings. The predicted molar refractivity (Wildman–Crippen MR) is 298 cm³/mol. The van der Waals surface area contributed by atoms with Gasteiger partial charge in [0.25, 0.3) is 0 Å². The van der Waals surface area contributed by atoms with Crippen molar-refractivity contribution in [2.45, 2.75) is 322 Å². The van der Waals surface area contributed by atoms with Crippen LogP contribution in [0, 0.1) is 0 Å². The zero-order valence-electron chi connectivity index (χ0n) is 46.1. The molecule has 0 aromatic heterocycles. The van der Waals surface area contributed by atoms with Gasteiger partial charge in [0.1, 0.15) is 13.2 Å². The highest BCUT2D eigenvalue weighted by atomic mass is 16.6. The molecule has 0 aromatic rings. The van der Waals surface area contributed by atoms with Crippen LogP contribution in [0.5, 0.6) is 0 Å². The summed E-state index contributed by atoms with van der Waals surface area (Å²) in [5.74, 6) is -0.883. The van der Waals surface area contributed by atoms with Crippen molar-refractivity contribution in [2.24, 2.45) is 0 Å². The summed E-state index contributed by atoms with van der Waals surface area (Å²) in [5, 5.41) is 0. The molecule has 0 amide bonds. The highest BCUT2D eigenvalue weighted by molar-refractivity contribution is 5.71.